The number of aryl methyl sites for hydroxylation is 1. The molecular formula is C20H20F4N3OP. The molecule has 0 fully saturated rings. The van der Waals surface area contributed by atoms with Crippen molar-refractivity contribution >= 4 is 29.2 Å². The molecule has 0 aliphatic rings. The molecule has 0 bridgehead atoms. The van der Waals surface area contributed by atoms with Crippen LogP contribution in [-0.4, -0.2) is 23.3 Å². The van der Waals surface area contributed by atoms with E-state index in [-0.39, 0.29) is 11.3 Å². The molecule has 0 aliphatic heterocycles. The Kier molecular flexibility index (Phi) is 5.43. The number of hydrogen-bond acceptors (Lipinski definition) is 4. The number of halogens is 4. The number of alkyl halides is 3. The van der Waals surface area contributed by atoms with Crippen molar-refractivity contribution in [1.82, 2.24) is 9.97 Å². The third-order valence-corrected chi connectivity index (χ3v) is 6.04. The fourth-order valence-electron chi connectivity index (χ4n) is 2.98. The van der Waals surface area contributed by atoms with E-state index in [0.29, 0.717) is 22.1 Å². The minimum atomic E-state index is -4.45. The molecular weight excluding hydrogens is 405 g/mol. The Bertz CT molecular complexity index is 1120. The van der Waals surface area contributed by atoms with E-state index in [2.05, 4.69) is 15.3 Å². The minimum absolute atomic E-state index is 0.0634. The van der Waals surface area contributed by atoms with Gasteiger partial charge in [-0.05, 0) is 57.0 Å². The van der Waals surface area contributed by atoms with Crippen LogP contribution in [0.1, 0.15) is 29.9 Å². The Morgan fingerprint density at radius 2 is 1.79 bits per heavy atom. The van der Waals surface area contributed by atoms with E-state index in [1.54, 1.807) is 26.0 Å². The maximum absolute atomic E-state index is 14.6. The quantitative estimate of drug-likeness (QED) is 0.442. The Morgan fingerprint density at radius 1 is 1.10 bits per heavy atom. The summed E-state index contributed by atoms with van der Waals surface area (Å²) in [5.74, 6) is -0.0487. The number of hydrogen-bond donors (Lipinski definition) is 1. The lowest BCUT2D eigenvalue weighted by molar-refractivity contribution is -0.137. The zero-order valence-electron chi connectivity index (χ0n) is 16.3. The minimum Gasteiger partial charge on any atom is -0.363 e. The molecule has 2 aromatic carbocycles. The number of nitrogens with zero attached hydrogens (tertiary/aromatic N) is 2. The van der Waals surface area contributed by atoms with E-state index in [4.69, 9.17) is 0 Å². The van der Waals surface area contributed by atoms with E-state index < -0.39 is 30.7 Å². The summed E-state index contributed by atoms with van der Waals surface area (Å²) in [4.78, 5) is 8.42. The molecule has 1 aromatic heterocycles. The first-order valence-electron chi connectivity index (χ1n) is 8.83. The van der Waals surface area contributed by atoms with Crippen molar-refractivity contribution in [1.29, 1.82) is 0 Å². The van der Waals surface area contributed by atoms with Crippen LogP contribution in [0.5, 0.6) is 0 Å². The predicted octanol–water partition coefficient (Wildman–Crippen LogP) is 5.52. The standard InChI is InChI=1S/C20H20F4N3OP/c1-11(13-6-5-7-14(8-13)20(22,23)24)25-19-16-9-15(29(3,4)28)10-17(21)18(16)26-12(2)27-19/h5-11H,1-4H3,(H,25,26,27)/t11-/m1/s1. The van der Waals surface area contributed by atoms with E-state index in [9.17, 15) is 22.1 Å². The zero-order chi connectivity index (χ0) is 21.6. The first-order chi connectivity index (χ1) is 13.4. The lowest BCUT2D eigenvalue weighted by atomic mass is 10.0. The first-order valence-corrected chi connectivity index (χ1v) is 11.4. The van der Waals surface area contributed by atoms with E-state index >= 15 is 0 Å². The number of fused-ring (bicyclic) bond motifs is 1. The normalized spacial score (nSPS) is 13.5. The van der Waals surface area contributed by atoms with Crippen LogP contribution < -0.4 is 10.6 Å². The molecule has 0 aliphatic carbocycles. The molecule has 0 spiro atoms. The van der Waals surface area contributed by atoms with Gasteiger partial charge in [-0.2, -0.15) is 13.2 Å². The monoisotopic (exact) mass is 425 g/mol. The highest BCUT2D eigenvalue weighted by atomic mass is 31.2. The largest absolute Gasteiger partial charge is 0.416 e. The lowest BCUT2D eigenvalue weighted by Gasteiger charge is -2.19. The molecule has 0 saturated carbocycles. The van der Waals surface area contributed by atoms with Gasteiger partial charge < -0.3 is 9.88 Å². The average molecular weight is 425 g/mol. The van der Waals surface area contributed by atoms with Gasteiger partial charge in [-0.25, -0.2) is 14.4 Å². The maximum Gasteiger partial charge on any atom is 0.416 e. The second-order valence-corrected chi connectivity index (χ2v) is 10.5. The van der Waals surface area contributed by atoms with Crippen LogP contribution in [0.25, 0.3) is 10.9 Å². The van der Waals surface area contributed by atoms with E-state index in [0.717, 1.165) is 12.1 Å². The third kappa shape index (κ3) is 4.58. The van der Waals surface area contributed by atoms with Crippen LogP contribution in [0.3, 0.4) is 0 Å². The molecule has 3 aromatic rings. The zero-order valence-corrected chi connectivity index (χ0v) is 17.2. The highest BCUT2D eigenvalue weighted by Crippen LogP contribution is 2.37. The summed E-state index contributed by atoms with van der Waals surface area (Å²) in [5, 5.41) is 3.72. The van der Waals surface area contributed by atoms with Crippen LogP contribution in [0, 0.1) is 12.7 Å². The topological polar surface area (TPSA) is 54.9 Å². The van der Waals surface area contributed by atoms with Crippen molar-refractivity contribution in [2.24, 2.45) is 0 Å². The van der Waals surface area contributed by atoms with Gasteiger partial charge in [0.1, 0.15) is 30.1 Å². The molecule has 29 heavy (non-hydrogen) atoms. The molecule has 1 N–H and O–H groups in total. The van der Waals surface area contributed by atoms with Gasteiger partial charge in [0.05, 0.1) is 5.56 Å². The lowest BCUT2D eigenvalue weighted by Crippen LogP contribution is -2.13. The van der Waals surface area contributed by atoms with Crippen molar-refractivity contribution < 1.29 is 22.1 Å². The number of aromatic nitrogens is 2. The second kappa shape index (κ2) is 7.41. The molecule has 0 saturated heterocycles. The third-order valence-electron chi connectivity index (χ3n) is 4.54. The van der Waals surface area contributed by atoms with Crippen molar-refractivity contribution in [2.45, 2.75) is 26.1 Å². The van der Waals surface area contributed by atoms with Gasteiger partial charge >= 0.3 is 6.18 Å². The maximum atomic E-state index is 14.6. The Morgan fingerprint density at radius 3 is 2.41 bits per heavy atom. The van der Waals surface area contributed by atoms with E-state index in [1.165, 1.54) is 25.5 Å². The Hall–Kier alpha value is -2.47. The van der Waals surface area contributed by atoms with Gasteiger partial charge in [0.25, 0.3) is 0 Å². The summed E-state index contributed by atoms with van der Waals surface area (Å²) in [5.41, 5.74) is -0.287. The van der Waals surface area contributed by atoms with Gasteiger partial charge in [-0.1, -0.05) is 12.1 Å². The molecule has 9 heteroatoms. The van der Waals surface area contributed by atoms with Crippen LogP contribution in [0.15, 0.2) is 36.4 Å². The van der Waals surface area contributed by atoms with Crippen LogP contribution >= 0.6 is 7.14 Å². The Labute approximate surface area is 165 Å². The van der Waals surface area contributed by atoms with Gasteiger partial charge in [0.2, 0.25) is 0 Å². The average Bonchev–Trinajstić information content (AvgIpc) is 2.61. The molecule has 3 rings (SSSR count). The number of nitrogens with one attached hydrogen (secondary N) is 1. The van der Waals surface area contributed by atoms with Crippen molar-refractivity contribution in [3.8, 4) is 0 Å². The van der Waals surface area contributed by atoms with Crippen LogP contribution in [0.4, 0.5) is 23.4 Å². The predicted molar refractivity (Wildman–Crippen MR) is 107 cm³/mol. The number of anilines is 1. The van der Waals surface area contributed by atoms with Gasteiger partial charge in [-0.15, -0.1) is 0 Å². The van der Waals surface area contributed by atoms with E-state index in [1.807, 2.05) is 0 Å². The van der Waals surface area contributed by atoms with Gasteiger partial charge in [0.15, 0.2) is 0 Å². The molecule has 0 radical (unpaired) electrons. The van der Waals surface area contributed by atoms with Crippen molar-refractivity contribution in [3.63, 3.8) is 0 Å². The SMILES string of the molecule is Cc1nc(N[C@H](C)c2cccc(C(F)(F)F)c2)c2cc(P(C)(C)=O)cc(F)c2n1. The Balaban J connectivity index is 2.08. The molecule has 4 nitrogen and oxygen atoms in total. The van der Waals surface area contributed by atoms with Crippen LogP contribution in [0.2, 0.25) is 0 Å². The van der Waals surface area contributed by atoms with Gasteiger partial charge in [0, 0.05) is 16.7 Å². The molecule has 1 atom stereocenters. The van der Waals surface area contributed by atoms with Crippen LogP contribution in [-0.2, 0) is 10.7 Å². The molecule has 0 amide bonds. The summed E-state index contributed by atoms with van der Waals surface area (Å²) in [6, 6.07) is 7.20. The summed E-state index contributed by atoms with van der Waals surface area (Å²) in [6.07, 6.45) is -4.45. The van der Waals surface area contributed by atoms with Gasteiger partial charge in [-0.3, -0.25) is 0 Å². The fraction of sp³-hybridized carbons (Fsp3) is 0.300. The number of benzene rings is 2. The summed E-state index contributed by atoms with van der Waals surface area (Å²) < 4.78 is 66.1. The molecule has 0 unspecified atom stereocenters. The fourth-order valence-corrected chi connectivity index (χ4v) is 3.85. The first kappa shape index (κ1) is 21.2. The molecule has 1 heterocycles. The summed E-state index contributed by atoms with van der Waals surface area (Å²) >= 11 is 0. The highest BCUT2D eigenvalue weighted by molar-refractivity contribution is 7.70. The summed E-state index contributed by atoms with van der Waals surface area (Å²) in [6.45, 7) is 6.34. The highest BCUT2D eigenvalue weighted by Gasteiger charge is 2.30. The summed E-state index contributed by atoms with van der Waals surface area (Å²) in [7, 11) is -2.75. The molecule has 154 valence electrons. The van der Waals surface area contributed by atoms with Crippen molar-refractivity contribution in [3.05, 3.63) is 59.2 Å². The smallest absolute Gasteiger partial charge is 0.363 e. The number of rotatable bonds is 4. The van der Waals surface area contributed by atoms with Crippen molar-refractivity contribution in [2.75, 3.05) is 18.6 Å². The second-order valence-electron chi connectivity index (χ2n) is 7.28.